The Morgan fingerprint density at radius 1 is 1.60 bits per heavy atom. The molecule has 0 bridgehead atoms. The summed E-state index contributed by atoms with van der Waals surface area (Å²) >= 11 is 0. The number of nitrogens with two attached hydrogens (primary N) is 1. The van der Waals surface area contributed by atoms with Crippen LogP contribution in [0.5, 0.6) is 0 Å². The number of hydrogen-bond donors (Lipinski definition) is 1. The van der Waals surface area contributed by atoms with Gasteiger partial charge in [-0.3, -0.25) is 0 Å². The minimum absolute atomic E-state index is 0. The van der Waals surface area contributed by atoms with Crippen molar-refractivity contribution in [2.45, 2.75) is 6.92 Å². The first kappa shape index (κ1) is 9.19. The summed E-state index contributed by atoms with van der Waals surface area (Å²) in [4.78, 5) is 0. The molecule has 0 spiro atoms. The van der Waals surface area contributed by atoms with Gasteiger partial charge in [0.25, 0.3) is 0 Å². The van der Waals surface area contributed by atoms with Crippen molar-refractivity contribution in [2.24, 2.45) is 0 Å². The molecular formula is C3H10IN. The molecule has 0 aliphatic carbocycles. The third-order valence-electron chi connectivity index (χ3n) is 0.408. The van der Waals surface area contributed by atoms with E-state index in [9.17, 15) is 0 Å². The number of quaternary nitrogens is 1. The zero-order chi connectivity index (χ0) is 3.41. The van der Waals surface area contributed by atoms with Gasteiger partial charge in [-0.25, -0.2) is 0 Å². The van der Waals surface area contributed by atoms with Crippen LogP contribution in [0.4, 0.5) is 0 Å². The predicted octanol–water partition coefficient (Wildman–Crippen LogP) is -3.80. The van der Waals surface area contributed by atoms with Gasteiger partial charge < -0.3 is 29.3 Å². The van der Waals surface area contributed by atoms with E-state index in [1.54, 1.807) is 0 Å². The molecule has 0 saturated carbocycles. The highest BCUT2D eigenvalue weighted by Gasteiger charge is 1.54. The van der Waals surface area contributed by atoms with Gasteiger partial charge in [-0.05, 0) is 6.92 Å². The fourth-order valence-corrected chi connectivity index (χ4v) is 0. The second kappa shape index (κ2) is 8.83. The second-order valence-corrected chi connectivity index (χ2v) is 0.816. The summed E-state index contributed by atoms with van der Waals surface area (Å²) in [5.41, 5.74) is 0. The quantitative estimate of drug-likeness (QED) is 0.405. The standard InChI is InChI=1S/C3H9N.HI/c1-3-4-2;/h4H,3H2,1-2H3;1H. The lowest BCUT2D eigenvalue weighted by molar-refractivity contribution is -0.623. The second-order valence-electron chi connectivity index (χ2n) is 0.816. The zero-order valence-corrected chi connectivity index (χ0v) is 5.82. The molecule has 0 aromatic carbocycles. The lowest BCUT2D eigenvalue weighted by atomic mass is 10.8. The Balaban J connectivity index is 0. The van der Waals surface area contributed by atoms with Crippen LogP contribution < -0.4 is 29.3 Å². The van der Waals surface area contributed by atoms with E-state index in [1.807, 2.05) is 0 Å². The maximum absolute atomic E-state index is 2.12. The molecule has 0 aromatic rings. The Bertz CT molecular complexity index is 8.85. The SMILES string of the molecule is CC[NH2+]C.[I-]. The van der Waals surface area contributed by atoms with Crippen LogP contribution in [-0.4, -0.2) is 13.6 Å². The molecule has 5 heavy (non-hydrogen) atoms. The van der Waals surface area contributed by atoms with E-state index in [0.29, 0.717) is 0 Å². The molecule has 0 radical (unpaired) electrons. The number of halogens is 1. The van der Waals surface area contributed by atoms with Crippen LogP contribution in [0, 0.1) is 0 Å². The molecule has 0 unspecified atom stereocenters. The molecule has 0 amide bonds. The molecule has 2 N–H and O–H groups in total. The highest BCUT2D eigenvalue weighted by Crippen LogP contribution is 1.18. The van der Waals surface area contributed by atoms with E-state index in [4.69, 9.17) is 0 Å². The first-order valence-corrected chi connectivity index (χ1v) is 1.69. The van der Waals surface area contributed by atoms with Crippen LogP contribution in [0.25, 0.3) is 0 Å². The third kappa shape index (κ3) is 11.9. The summed E-state index contributed by atoms with van der Waals surface area (Å²) in [6, 6.07) is 0. The first-order chi connectivity index (χ1) is 1.91. The molecule has 0 aromatic heterocycles. The Kier molecular flexibility index (Phi) is 16.2. The number of hydrogen-bond acceptors (Lipinski definition) is 0. The molecule has 0 fully saturated rings. The Labute approximate surface area is 50.2 Å². The van der Waals surface area contributed by atoms with E-state index < -0.39 is 0 Å². The van der Waals surface area contributed by atoms with Crippen molar-refractivity contribution in [3.05, 3.63) is 0 Å². The summed E-state index contributed by atoms with van der Waals surface area (Å²) in [7, 11) is 2.06. The lowest BCUT2D eigenvalue weighted by Crippen LogP contribution is -3.00. The Morgan fingerprint density at radius 3 is 1.80 bits per heavy atom. The average molecular weight is 187 g/mol. The molecular weight excluding hydrogens is 177 g/mol. The van der Waals surface area contributed by atoms with Crippen LogP contribution in [0.15, 0.2) is 0 Å². The van der Waals surface area contributed by atoms with Crippen LogP contribution >= 0.6 is 0 Å². The molecule has 34 valence electrons. The molecule has 0 saturated heterocycles. The molecule has 0 aliphatic heterocycles. The molecule has 2 heteroatoms. The molecule has 0 aliphatic rings. The van der Waals surface area contributed by atoms with E-state index >= 15 is 0 Å². The van der Waals surface area contributed by atoms with Gasteiger partial charge in [-0.15, -0.1) is 0 Å². The first-order valence-electron chi connectivity index (χ1n) is 1.69. The van der Waals surface area contributed by atoms with Crippen molar-refractivity contribution in [2.75, 3.05) is 13.6 Å². The van der Waals surface area contributed by atoms with Crippen molar-refractivity contribution in [3.8, 4) is 0 Å². The Morgan fingerprint density at radius 2 is 1.80 bits per heavy atom. The van der Waals surface area contributed by atoms with Gasteiger partial charge in [0.1, 0.15) is 0 Å². The van der Waals surface area contributed by atoms with Crippen LogP contribution in [-0.2, 0) is 0 Å². The van der Waals surface area contributed by atoms with Crippen molar-refractivity contribution in [1.82, 2.24) is 0 Å². The van der Waals surface area contributed by atoms with Gasteiger partial charge in [-0.1, -0.05) is 0 Å². The largest absolute Gasteiger partial charge is 1.00 e. The lowest BCUT2D eigenvalue weighted by Gasteiger charge is -1.73. The summed E-state index contributed by atoms with van der Waals surface area (Å²) in [6.07, 6.45) is 0. The third-order valence-corrected chi connectivity index (χ3v) is 0.408. The molecule has 1 nitrogen and oxygen atoms in total. The van der Waals surface area contributed by atoms with Crippen molar-refractivity contribution >= 4 is 0 Å². The van der Waals surface area contributed by atoms with Gasteiger partial charge in [0.15, 0.2) is 0 Å². The van der Waals surface area contributed by atoms with E-state index in [-0.39, 0.29) is 24.0 Å². The topological polar surface area (TPSA) is 16.6 Å². The Hall–Kier alpha value is 0.690. The van der Waals surface area contributed by atoms with E-state index in [2.05, 4.69) is 19.3 Å². The zero-order valence-electron chi connectivity index (χ0n) is 3.66. The smallest absolute Gasteiger partial charge is 0.0724 e. The van der Waals surface area contributed by atoms with Crippen molar-refractivity contribution < 1.29 is 29.3 Å². The van der Waals surface area contributed by atoms with Gasteiger partial charge in [0, 0.05) is 0 Å². The van der Waals surface area contributed by atoms with Crippen LogP contribution in [0.2, 0.25) is 0 Å². The summed E-state index contributed by atoms with van der Waals surface area (Å²) in [5.74, 6) is 0. The maximum Gasteiger partial charge on any atom is 0.0724 e. The van der Waals surface area contributed by atoms with E-state index in [1.165, 1.54) is 6.54 Å². The van der Waals surface area contributed by atoms with Gasteiger partial charge >= 0.3 is 0 Å². The molecule has 0 heterocycles. The monoisotopic (exact) mass is 187 g/mol. The van der Waals surface area contributed by atoms with Crippen LogP contribution in [0.3, 0.4) is 0 Å². The number of rotatable bonds is 1. The minimum atomic E-state index is 0. The fraction of sp³-hybridized carbons (Fsp3) is 1.00. The summed E-state index contributed by atoms with van der Waals surface area (Å²) in [6.45, 7) is 3.32. The van der Waals surface area contributed by atoms with Gasteiger partial charge in [0.05, 0.1) is 13.6 Å². The van der Waals surface area contributed by atoms with Crippen LogP contribution in [0.1, 0.15) is 6.92 Å². The van der Waals surface area contributed by atoms with Crippen molar-refractivity contribution in [1.29, 1.82) is 0 Å². The van der Waals surface area contributed by atoms with Crippen molar-refractivity contribution in [3.63, 3.8) is 0 Å². The molecule has 0 rings (SSSR count). The summed E-state index contributed by atoms with van der Waals surface area (Å²) < 4.78 is 0. The highest BCUT2D eigenvalue weighted by molar-refractivity contribution is 3.84. The average Bonchev–Trinajstić information content (AvgIpc) is 1.37. The molecule has 0 atom stereocenters. The fourth-order valence-electron chi connectivity index (χ4n) is 0. The van der Waals surface area contributed by atoms with Gasteiger partial charge in [0.2, 0.25) is 0 Å². The predicted molar refractivity (Wildman–Crippen MR) is 18.4 cm³/mol. The normalized spacial score (nSPS) is 6.00. The maximum atomic E-state index is 2.12. The minimum Gasteiger partial charge on any atom is -1.00 e. The highest BCUT2D eigenvalue weighted by atomic mass is 127. The van der Waals surface area contributed by atoms with E-state index in [0.717, 1.165) is 0 Å². The summed E-state index contributed by atoms with van der Waals surface area (Å²) in [5, 5.41) is 2.12. The van der Waals surface area contributed by atoms with Gasteiger partial charge in [-0.2, -0.15) is 0 Å².